The topological polar surface area (TPSA) is 46.9 Å². The van der Waals surface area contributed by atoms with E-state index >= 15 is 0 Å². The number of hydrogen-bond donors (Lipinski definition) is 1. The minimum Gasteiger partial charge on any atom is -0.313 e. The zero-order valence-electron chi connectivity index (χ0n) is 7.59. The number of aryl methyl sites for hydroxylation is 2. The highest BCUT2D eigenvalue weighted by Gasteiger charge is 2.12. The molecule has 0 atom stereocenters. The number of rotatable bonds is 3. The maximum atomic E-state index is 11.4. The van der Waals surface area contributed by atoms with Crippen molar-refractivity contribution in [1.82, 2.24) is 15.1 Å². The average Bonchev–Trinajstić information content (AvgIpc) is 2.32. The molecule has 0 aliphatic rings. The lowest BCUT2D eigenvalue weighted by Gasteiger charge is -2.01. The quantitative estimate of drug-likeness (QED) is 0.651. The molecule has 1 aromatic heterocycles. The van der Waals surface area contributed by atoms with Crippen molar-refractivity contribution < 1.29 is 4.79 Å². The number of Topliss-reactive ketones (excluding diaryl/α,β-unsaturated/α-hetero) is 1. The van der Waals surface area contributed by atoms with Gasteiger partial charge in [0, 0.05) is 7.05 Å². The molecule has 0 amide bonds. The van der Waals surface area contributed by atoms with Crippen LogP contribution in [0.5, 0.6) is 0 Å². The van der Waals surface area contributed by atoms with Crippen molar-refractivity contribution in [1.29, 1.82) is 0 Å². The summed E-state index contributed by atoms with van der Waals surface area (Å²) in [5, 5.41) is 6.81. The Morgan fingerprint density at radius 2 is 2.42 bits per heavy atom. The minimum atomic E-state index is 0.0787. The highest BCUT2D eigenvalue weighted by Crippen LogP contribution is 2.05. The van der Waals surface area contributed by atoms with Gasteiger partial charge in [-0.3, -0.25) is 9.48 Å². The summed E-state index contributed by atoms with van der Waals surface area (Å²) >= 11 is 0. The summed E-state index contributed by atoms with van der Waals surface area (Å²) in [6.07, 6.45) is 1.70. The van der Waals surface area contributed by atoms with Crippen molar-refractivity contribution in [3.05, 3.63) is 17.5 Å². The van der Waals surface area contributed by atoms with E-state index in [9.17, 15) is 4.79 Å². The number of nitrogens with one attached hydrogen (secondary N) is 1. The molecule has 0 saturated carbocycles. The Bertz CT molecular complexity index is 271. The number of aromatic nitrogens is 2. The van der Waals surface area contributed by atoms with Gasteiger partial charge in [0.1, 0.15) is 5.69 Å². The van der Waals surface area contributed by atoms with E-state index in [4.69, 9.17) is 0 Å². The SMILES string of the molecule is CNCC(=O)c1c(C)cnn1C. The van der Waals surface area contributed by atoms with Gasteiger partial charge in [0.25, 0.3) is 0 Å². The Hall–Kier alpha value is -1.16. The van der Waals surface area contributed by atoms with Gasteiger partial charge in [0.05, 0.1) is 12.7 Å². The van der Waals surface area contributed by atoms with Crippen LogP contribution < -0.4 is 5.32 Å². The first-order valence-corrected chi connectivity index (χ1v) is 3.83. The van der Waals surface area contributed by atoms with Gasteiger partial charge in [0.15, 0.2) is 5.78 Å². The highest BCUT2D eigenvalue weighted by atomic mass is 16.1. The smallest absolute Gasteiger partial charge is 0.194 e. The molecule has 0 saturated heterocycles. The molecule has 0 bridgehead atoms. The average molecular weight is 167 g/mol. The molecule has 1 aromatic rings. The van der Waals surface area contributed by atoms with Crippen molar-refractivity contribution in [3.63, 3.8) is 0 Å². The summed E-state index contributed by atoms with van der Waals surface area (Å²) in [7, 11) is 3.53. The summed E-state index contributed by atoms with van der Waals surface area (Å²) in [6.45, 7) is 2.25. The Morgan fingerprint density at radius 3 is 2.83 bits per heavy atom. The van der Waals surface area contributed by atoms with Crippen LogP contribution in [-0.2, 0) is 7.05 Å². The lowest BCUT2D eigenvalue weighted by atomic mass is 10.2. The van der Waals surface area contributed by atoms with Crippen LogP contribution in [0.3, 0.4) is 0 Å². The molecule has 4 nitrogen and oxygen atoms in total. The van der Waals surface area contributed by atoms with Gasteiger partial charge in [-0.1, -0.05) is 0 Å². The van der Waals surface area contributed by atoms with E-state index in [1.807, 2.05) is 6.92 Å². The van der Waals surface area contributed by atoms with E-state index in [1.165, 1.54) is 0 Å². The maximum absolute atomic E-state index is 11.4. The molecule has 1 heterocycles. The van der Waals surface area contributed by atoms with Crippen LogP contribution in [0.4, 0.5) is 0 Å². The van der Waals surface area contributed by atoms with Gasteiger partial charge >= 0.3 is 0 Å². The van der Waals surface area contributed by atoms with Crippen molar-refractivity contribution in [3.8, 4) is 0 Å². The number of hydrogen-bond acceptors (Lipinski definition) is 3. The molecule has 0 aliphatic carbocycles. The van der Waals surface area contributed by atoms with Crippen molar-refractivity contribution >= 4 is 5.78 Å². The number of likely N-dealkylation sites (N-methyl/N-ethyl adjacent to an activating group) is 1. The van der Waals surface area contributed by atoms with Gasteiger partial charge in [-0.2, -0.15) is 5.10 Å². The molecule has 0 spiro atoms. The molecule has 0 radical (unpaired) electrons. The second-order valence-corrected chi connectivity index (χ2v) is 2.75. The first-order chi connectivity index (χ1) is 5.66. The summed E-state index contributed by atoms with van der Waals surface area (Å²) in [6, 6.07) is 0. The number of nitrogens with zero attached hydrogens (tertiary/aromatic N) is 2. The van der Waals surface area contributed by atoms with Crippen LogP contribution in [0, 0.1) is 6.92 Å². The summed E-state index contributed by atoms with van der Waals surface area (Å²) in [5.41, 5.74) is 1.61. The largest absolute Gasteiger partial charge is 0.313 e. The fourth-order valence-corrected chi connectivity index (χ4v) is 1.19. The molecule has 66 valence electrons. The molecule has 0 aliphatic heterocycles. The Morgan fingerprint density at radius 1 is 1.75 bits per heavy atom. The van der Waals surface area contributed by atoms with Crippen molar-refractivity contribution in [2.75, 3.05) is 13.6 Å². The van der Waals surface area contributed by atoms with Gasteiger partial charge in [0.2, 0.25) is 0 Å². The number of carbonyl (C=O) groups is 1. The maximum Gasteiger partial charge on any atom is 0.194 e. The molecular formula is C8H13N3O. The van der Waals surface area contributed by atoms with E-state index in [2.05, 4.69) is 10.4 Å². The van der Waals surface area contributed by atoms with Crippen LogP contribution >= 0.6 is 0 Å². The second kappa shape index (κ2) is 3.49. The molecule has 4 heteroatoms. The molecule has 1 N–H and O–H groups in total. The Labute approximate surface area is 71.6 Å². The molecule has 1 rings (SSSR count). The highest BCUT2D eigenvalue weighted by molar-refractivity contribution is 5.97. The van der Waals surface area contributed by atoms with E-state index in [0.29, 0.717) is 12.2 Å². The third-order valence-electron chi connectivity index (χ3n) is 1.72. The van der Waals surface area contributed by atoms with E-state index in [-0.39, 0.29) is 5.78 Å². The van der Waals surface area contributed by atoms with Crippen LogP contribution in [0.2, 0.25) is 0 Å². The molecule has 12 heavy (non-hydrogen) atoms. The Balaban J connectivity index is 2.93. The number of ketones is 1. The van der Waals surface area contributed by atoms with Crippen molar-refractivity contribution in [2.45, 2.75) is 6.92 Å². The molecule has 0 fully saturated rings. The lowest BCUT2D eigenvalue weighted by Crippen LogP contribution is -2.21. The van der Waals surface area contributed by atoms with Crippen LogP contribution in [0.25, 0.3) is 0 Å². The van der Waals surface area contributed by atoms with Crippen LogP contribution in [-0.4, -0.2) is 29.2 Å². The lowest BCUT2D eigenvalue weighted by molar-refractivity contribution is 0.0984. The zero-order valence-corrected chi connectivity index (χ0v) is 7.59. The third kappa shape index (κ3) is 1.53. The second-order valence-electron chi connectivity index (χ2n) is 2.75. The van der Waals surface area contributed by atoms with Crippen LogP contribution in [0.1, 0.15) is 16.1 Å². The van der Waals surface area contributed by atoms with E-state index in [1.54, 1.807) is 25.0 Å². The molecular weight excluding hydrogens is 154 g/mol. The molecule has 0 aromatic carbocycles. The summed E-state index contributed by atoms with van der Waals surface area (Å²) in [4.78, 5) is 11.4. The van der Waals surface area contributed by atoms with E-state index < -0.39 is 0 Å². The van der Waals surface area contributed by atoms with Gasteiger partial charge in [-0.05, 0) is 19.5 Å². The fourth-order valence-electron chi connectivity index (χ4n) is 1.19. The van der Waals surface area contributed by atoms with Gasteiger partial charge in [-0.25, -0.2) is 0 Å². The van der Waals surface area contributed by atoms with E-state index in [0.717, 1.165) is 5.56 Å². The zero-order chi connectivity index (χ0) is 9.14. The summed E-state index contributed by atoms with van der Waals surface area (Å²) in [5.74, 6) is 0.0787. The van der Waals surface area contributed by atoms with Gasteiger partial charge < -0.3 is 5.32 Å². The monoisotopic (exact) mass is 167 g/mol. The predicted molar refractivity (Wildman–Crippen MR) is 46.2 cm³/mol. The molecule has 0 unspecified atom stereocenters. The Kier molecular flexibility index (Phi) is 2.60. The normalized spacial score (nSPS) is 10.2. The van der Waals surface area contributed by atoms with Gasteiger partial charge in [-0.15, -0.1) is 0 Å². The fraction of sp³-hybridized carbons (Fsp3) is 0.500. The standard InChI is InChI=1S/C8H13N3O/c1-6-4-10-11(3)8(6)7(12)5-9-2/h4,9H,5H2,1-3H3. The number of carbonyl (C=O) groups excluding carboxylic acids is 1. The predicted octanol–water partition coefficient (Wildman–Crippen LogP) is 0.131. The van der Waals surface area contributed by atoms with Crippen molar-refractivity contribution in [2.24, 2.45) is 7.05 Å². The third-order valence-corrected chi connectivity index (χ3v) is 1.72. The minimum absolute atomic E-state index is 0.0787. The summed E-state index contributed by atoms with van der Waals surface area (Å²) < 4.78 is 1.61. The first kappa shape index (κ1) is 8.93. The first-order valence-electron chi connectivity index (χ1n) is 3.83. The van der Waals surface area contributed by atoms with Crippen LogP contribution in [0.15, 0.2) is 6.20 Å².